The van der Waals surface area contributed by atoms with Gasteiger partial charge in [0.1, 0.15) is 5.75 Å². The van der Waals surface area contributed by atoms with E-state index in [0.717, 1.165) is 59.8 Å². The summed E-state index contributed by atoms with van der Waals surface area (Å²) < 4.78 is 12.9. The van der Waals surface area contributed by atoms with Gasteiger partial charge in [0.25, 0.3) is 0 Å². The number of fused-ring (bicyclic) bond motifs is 1. The highest BCUT2D eigenvalue weighted by Crippen LogP contribution is 2.33. The summed E-state index contributed by atoms with van der Waals surface area (Å²) in [7, 11) is 1.61. The molecule has 2 aromatic heterocycles. The quantitative estimate of drug-likeness (QED) is 0.593. The Hall–Kier alpha value is -2.71. The van der Waals surface area contributed by atoms with Crippen LogP contribution in [0.25, 0.3) is 22.3 Å². The van der Waals surface area contributed by atoms with Gasteiger partial charge in [-0.2, -0.15) is 5.10 Å². The van der Waals surface area contributed by atoms with Crippen LogP contribution in [0.4, 0.5) is 5.82 Å². The topological polar surface area (TPSA) is 86.1 Å². The van der Waals surface area contributed by atoms with Crippen LogP contribution >= 0.6 is 0 Å². The minimum atomic E-state index is 0.183. The van der Waals surface area contributed by atoms with Gasteiger partial charge in [0.05, 0.1) is 17.3 Å². The number of para-hydroxylation sites is 1. The fraction of sp³-hybridized carbons (Fsp3) is 0.476. The first kappa shape index (κ1) is 19.6. The molecule has 3 aromatic rings. The van der Waals surface area contributed by atoms with Gasteiger partial charge in [-0.15, -0.1) is 10.2 Å². The monoisotopic (exact) mass is 396 g/mol. The van der Waals surface area contributed by atoms with Crippen LogP contribution in [0.2, 0.25) is 0 Å². The van der Waals surface area contributed by atoms with Crippen molar-refractivity contribution >= 4 is 16.9 Å². The van der Waals surface area contributed by atoms with Crippen molar-refractivity contribution in [2.24, 2.45) is 0 Å². The van der Waals surface area contributed by atoms with Gasteiger partial charge in [-0.05, 0) is 58.0 Å². The average molecular weight is 396 g/mol. The Morgan fingerprint density at radius 1 is 1.21 bits per heavy atom. The van der Waals surface area contributed by atoms with Crippen molar-refractivity contribution in [3.8, 4) is 17.0 Å². The zero-order valence-corrected chi connectivity index (χ0v) is 17.2. The molecule has 1 saturated heterocycles. The first-order valence-electron chi connectivity index (χ1n) is 10.1. The van der Waals surface area contributed by atoms with Gasteiger partial charge in [0.2, 0.25) is 0 Å². The zero-order chi connectivity index (χ0) is 20.2. The molecule has 1 aliphatic heterocycles. The molecule has 8 nitrogen and oxygen atoms in total. The average Bonchev–Trinajstić information content (AvgIpc) is 3.10. The number of rotatable bonds is 7. The molecule has 0 saturated carbocycles. The van der Waals surface area contributed by atoms with E-state index in [1.165, 1.54) is 0 Å². The molecule has 1 aromatic carbocycles. The summed E-state index contributed by atoms with van der Waals surface area (Å²) in [5.74, 6) is 1.51. The van der Waals surface area contributed by atoms with Gasteiger partial charge in [0, 0.05) is 18.7 Å². The van der Waals surface area contributed by atoms with E-state index >= 15 is 0 Å². The zero-order valence-electron chi connectivity index (χ0n) is 17.2. The summed E-state index contributed by atoms with van der Waals surface area (Å²) in [6, 6.07) is 10.5. The van der Waals surface area contributed by atoms with E-state index in [1.807, 2.05) is 24.3 Å². The molecule has 0 unspecified atom stereocenters. The normalized spacial score (nSPS) is 15.2. The molecule has 0 radical (unpaired) electrons. The third-order valence-corrected chi connectivity index (χ3v) is 5.03. The molecule has 1 fully saturated rings. The molecule has 8 heteroatoms. The predicted molar refractivity (Wildman–Crippen MR) is 113 cm³/mol. The van der Waals surface area contributed by atoms with Gasteiger partial charge < -0.3 is 20.1 Å². The maximum atomic E-state index is 5.72. The first-order chi connectivity index (χ1) is 14.2. The molecular formula is C21H28N6O2. The van der Waals surface area contributed by atoms with Crippen LogP contribution < -0.4 is 15.4 Å². The molecule has 0 spiro atoms. The largest absolute Gasteiger partial charge is 0.467 e. The molecule has 0 aliphatic carbocycles. The van der Waals surface area contributed by atoms with E-state index < -0.39 is 0 Å². The number of benzene rings is 1. The van der Waals surface area contributed by atoms with Crippen molar-refractivity contribution in [2.45, 2.75) is 38.8 Å². The van der Waals surface area contributed by atoms with Crippen molar-refractivity contribution in [3.05, 3.63) is 30.3 Å². The Morgan fingerprint density at radius 3 is 2.76 bits per heavy atom. The molecule has 154 valence electrons. The molecule has 4 rings (SSSR count). The second-order valence-electron chi connectivity index (χ2n) is 7.58. The lowest BCUT2D eigenvalue weighted by Crippen LogP contribution is -2.29. The Kier molecular flexibility index (Phi) is 5.92. The molecule has 3 heterocycles. The molecular weight excluding hydrogens is 368 g/mol. The van der Waals surface area contributed by atoms with E-state index in [2.05, 4.69) is 45.4 Å². The van der Waals surface area contributed by atoms with Crippen molar-refractivity contribution < 1.29 is 9.47 Å². The molecule has 0 bridgehead atoms. The molecule has 29 heavy (non-hydrogen) atoms. The van der Waals surface area contributed by atoms with E-state index in [1.54, 1.807) is 7.11 Å². The van der Waals surface area contributed by atoms with Crippen molar-refractivity contribution in [1.29, 1.82) is 0 Å². The SMILES string of the molecule is COCOc1ccccc1-c1cc2c(nn1)c(NC(C)C)nn2C1CCNCC1. The van der Waals surface area contributed by atoms with Crippen LogP contribution in [-0.4, -0.2) is 53.0 Å². The van der Waals surface area contributed by atoms with E-state index in [9.17, 15) is 0 Å². The number of nitrogens with zero attached hydrogens (tertiary/aromatic N) is 4. The van der Waals surface area contributed by atoms with Crippen LogP contribution in [0, 0.1) is 0 Å². The van der Waals surface area contributed by atoms with Gasteiger partial charge in [-0.25, -0.2) is 0 Å². The van der Waals surface area contributed by atoms with E-state index in [0.29, 0.717) is 6.04 Å². The van der Waals surface area contributed by atoms with Gasteiger partial charge in [-0.3, -0.25) is 4.68 Å². The highest BCUT2D eigenvalue weighted by atomic mass is 16.7. The van der Waals surface area contributed by atoms with Crippen LogP contribution in [0.1, 0.15) is 32.7 Å². The third-order valence-electron chi connectivity index (χ3n) is 5.03. The number of hydrogen-bond donors (Lipinski definition) is 2. The standard InChI is InChI=1S/C21H28N6O2/c1-14(2)23-21-20-18(27(26-21)15-8-10-22-11-9-15)12-17(24-25-20)16-6-4-5-7-19(16)29-13-28-3/h4-7,12,14-15,22H,8-11,13H2,1-3H3,(H,23,26). The minimum absolute atomic E-state index is 0.183. The number of methoxy groups -OCH3 is 1. The van der Waals surface area contributed by atoms with Crippen LogP contribution in [-0.2, 0) is 4.74 Å². The van der Waals surface area contributed by atoms with Crippen LogP contribution in [0.15, 0.2) is 30.3 Å². The Morgan fingerprint density at radius 2 is 2.00 bits per heavy atom. The Balaban J connectivity index is 1.80. The predicted octanol–water partition coefficient (Wildman–Crippen LogP) is 3.22. The van der Waals surface area contributed by atoms with Gasteiger partial charge >= 0.3 is 0 Å². The summed E-state index contributed by atoms with van der Waals surface area (Å²) >= 11 is 0. The maximum absolute atomic E-state index is 5.72. The number of ether oxygens (including phenoxy) is 2. The lowest BCUT2D eigenvalue weighted by Gasteiger charge is -2.23. The summed E-state index contributed by atoms with van der Waals surface area (Å²) in [4.78, 5) is 0. The fourth-order valence-electron chi connectivity index (χ4n) is 3.69. The van der Waals surface area contributed by atoms with Crippen LogP contribution in [0.5, 0.6) is 5.75 Å². The maximum Gasteiger partial charge on any atom is 0.188 e. The summed E-state index contributed by atoms with van der Waals surface area (Å²) in [5.41, 5.74) is 3.44. The van der Waals surface area contributed by atoms with Crippen molar-refractivity contribution in [2.75, 3.05) is 32.3 Å². The van der Waals surface area contributed by atoms with Crippen molar-refractivity contribution in [3.63, 3.8) is 0 Å². The van der Waals surface area contributed by atoms with Gasteiger partial charge in [-0.1, -0.05) is 12.1 Å². The lowest BCUT2D eigenvalue weighted by molar-refractivity contribution is 0.0515. The molecule has 0 amide bonds. The Labute approximate surface area is 170 Å². The number of anilines is 1. The number of aromatic nitrogens is 4. The highest BCUT2D eigenvalue weighted by molar-refractivity contribution is 5.88. The molecule has 1 aliphatic rings. The van der Waals surface area contributed by atoms with E-state index in [-0.39, 0.29) is 12.8 Å². The summed E-state index contributed by atoms with van der Waals surface area (Å²) in [6.07, 6.45) is 2.09. The fourth-order valence-corrected chi connectivity index (χ4v) is 3.69. The number of piperidine rings is 1. The third kappa shape index (κ3) is 4.18. The number of hydrogen-bond acceptors (Lipinski definition) is 7. The summed E-state index contributed by atoms with van der Waals surface area (Å²) in [6.45, 7) is 6.37. The second kappa shape index (κ2) is 8.75. The van der Waals surface area contributed by atoms with Crippen molar-refractivity contribution in [1.82, 2.24) is 25.3 Å². The second-order valence-corrected chi connectivity index (χ2v) is 7.58. The highest BCUT2D eigenvalue weighted by Gasteiger charge is 2.23. The minimum Gasteiger partial charge on any atom is -0.467 e. The van der Waals surface area contributed by atoms with Crippen LogP contribution in [0.3, 0.4) is 0 Å². The van der Waals surface area contributed by atoms with Gasteiger partial charge in [0.15, 0.2) is 18.1 Å². The smallest absolute Gasteiger partial charge is 0.188 e. The Bertz CT molecular complexity index is 965. The number of nitrogens with one attached hydrogen (secondary N) is 2. The molecule has 2 N–H and O–H groups in total. The molecule has 0 atom stereocenters. The first-order valence-corrected chi connectivity index (χ1v) is 10.1. The van der Waals surface area contributed by atoms with E-state index in [4.69, 9.17) is 14.6 Å². The lowest BCUT2D eigenvalue weighted by atomic mass is 10.1. The summed E-state index contributed by atoms with van der Waals surface area (Å²) in [5, 5.41) is 20.8.